The van der Waals surface area contributed by atoms with Crippen LogP contribution in [-0.2, 0) is 24.0 Å². The molecule has 3 amide bonds. The molecule has 0 rings (SSSR count). The molecule has 0 aromatic heterocycles. The SMILES string of the molecule is CCC(C)C(NC(=O)CNC(=O)C(CCCCN)NC(=O)C(N)CC(=O)O)C(=O)O. The summed E-state index contributed by atoms with van der Waals surface area (Å²) >= 11 is 0. The van der Waals surface area contributed by atoms with Gasteiger partial charge in [0.05, 0.1) is 19.0 Å². The van der Waals surface area contributed by atoms with Gasteiger partial charge in [0, 0.05) is 0 Å². The number of carboxylic acid groups (broad SMARTS) is 2. The lowest BCUT2D eigenvalue weighted by Gasteiger charge is -2.22. The minimum atomic E-state index is -1.33. The van der Waals surface area contributed by atoms with Gasteiger partial charge in [0.2, 0.25) is 17.7 Å². The van der Waals surface area contributed by atoms with Crippen molar-refractivity contribution in [2.24, 2.45) is 17.4 Å². The first-order valence-electron chi connectivity index (χ1n) is 9.81. The third-order valence-electron chi connectivity index (χ3n) is 4.53. The van der Waals surface area contributed by atoms with Gasteiger partial charge in [-0.1, -0.05) is 20.3 Å². The molecule has 4 unspecified atom stereocenters. The van der Waals surface area contributed by atoms with Crippen molar-refractivity contribution in [2.45, 2.75) is 64.1 Å². The maximum absolute atomic E-state index is 12.4. The van der Waals surface area contributed by atoms with Crippen LogP contribution in [0.25, 0.3) is 0 Å². The maximum atomic E-state index is 12.4. The van der Waals surface area contributed by atoms with Crippen molar-refractivity contribution in [3.05, 3.63) is 0 Å². The van der Waals surface area contributed by atoms with E-state index in [-0.39, 0.29) is 12.3 Å². The van der Waals surface area contributed by atoms with E-state index >= 15 is 0 Å². The number of hydrogen-bond acceptors (Lipinski definition) is 7. The van der Waals surface area contributed by atoms with Gasteiger partial charge in [0.25, 0.3) is 0 Å². The standard InChI is InChI=1S/C18H33N5O7/c1-3-10(2)15(18(29)30)23-13(24)9-21-17(28)12(6-4-5-7-19)22-16(27)11(20)8-14(25)26/h10-12,15H,3-9,19-20H2,1-2H3,(H,21,28)(H,22,27)(H,23,24)(H,25,26)(H,29,30). The molecule has 172 valence electrons. The van der Waals surface area contributed by atoms with E-state index in [1.165, 1.54) is 0 Å². The topological polar surface area (TPSA) is 214 Å². The summed E-state index contributed by atoms with van der Waals surface area (Å²) in [6.07, 6.45) is 1.24. The molecule has 9 N–H and O–H groups in total. The molecular weight excluding hydrogens is 398 g/mol. The highest BCUT2D eigenvalue weighted by molar-refractivity contribution is 5.93. The number of carbonyl (C=O) groups is 5. The molecule has 12 nitrogen and oxygen atoms in total. The number of hydrogen-bond donors (Lipinski definition) is 7. The van der Waals surface area contributed by atoms with Gasteiger partial charge in [-0.3, -0.25) is 19.2 Å². The number of carboxylic acids is 2. The Hall–Kier alpha value is -2.73. The summed E-state index contributed by atoms with van der Waals surface area (Å²) in [5.74, 6) is -4.91. The van der Waals surface area contributed by atoms with Gasteiger partial charge < -0.3 is 37.6 Å². The average molecular weight is 431 g/mol. The molecule has 0 aliphatic rings. The van der Waals surface area contributed by atoms with Crippen LogP contribution in [0.2, 0.25) is 0 Å². The van der Waals surface area contributed by atoms with Crippen LogP contribution in [0.3, 0.4) is 0 Å². The lowest BCUT2D eigenvalue weighted by molar-refractivity contribution is -0.143. The second-order valence-electron chi connectivity index (χ2n) is 7.04. The van der Waals surface area contributed by atoms with Crippen LogP contribution in [0, 0.1) is 5.92 Å². The first-order valence-corrected chi connectivity index (χ1v) is 9.81. The predicted octanol–water partition coefficient (Wildman–Crippen LogP) is -1.87. The molecule has 0 aliphatic carbocycles. The Morgan fingerprint density at radius 3 is 2.13 bits per heavy atom. The molecule has 0 aliphatic heterocycles. The first kappa shape index (κ1) is 27.3. The number of amides is 3. The summed E-state index contributed by atoms with van der Waals surface area (Å²) in [7, 11) is 0. The van der Waals surface area contributed by atoms with Crippen LogP contribution >= 0.6 is 0 Å². The second-order valence-corrected chi connectivity index (χ2v) is 7.04. The van der Waals surface area contributed by atoms with Crippen molar-refractivity contribution in [3.63, 3.8) is 0 Å². The Morgan fingerprint density at radius 2 is 1.63 bits per heavy atom. The zero-order valence-electron chi connectivity index (χ0n) is 17.3. The van der Waals surface area contributed by atoms with E-state index in [0.717, 1.165) is 0 Å². The summed E-state index contributed by atoms with van der Waals surface area (Å²) in [5.41, 5.74) is 10.9. The largest absolute Gasteiger partial charge is 0.481 e. The van der Waals surface area contributed by atoms with Crippen LogP contribution < -0.4 is 27.4 Å². The summed E-state index contributed by atoms with van der Waals surface area (Å²) in [5, 5.41) is 25.0. The van der Waals surface area contributed by atoms with Gasteiger partial charge in [-0.25, -0.2) is 4.79 Å². The number of aliphatic carboxylic acids is 2. The first-order chi connectivity index (χ1) is 14.0. The molecule has 0 spiro atoms. The Kier molecular flexibility index (Phi) is 13.0. The number of nitrogens with two attached hydrogens (primary N) is 2. The number of nitrogens with one attached hydrogen (secondary N) is 3. The normalized spacial score (nSPS) is 14.7. The zero-order valence-corrected chi connectivity index (χ0v) is 17.3. The van der Waals surface area contributed by atoms with E-state index in [0.29, 0.717) is 25.8 Å². The summed E-state index contributed by atoms with van der Waals surface area (Å²) in [4.78, 5) is 58.5. The monoisotopic (exact) mass is 431 g/mol. The summed E-state index contributed by atoms with van der Waals surface area (Å²) in [6, 6.07) is -3.46. The van der Waals surface area contributed by atoms with Crippen molar-refractivity contribution >= 4 is 29.7 Å². The van der Waals surface area contributed by atoms with E-state index in [1.807, 2.05) is 0 Å². The van der Waals surface area contributed by atoms with Gasteiger partial charge in [0.15, 0.2) is 0 Å². The van der Waals surface area contributed by atoms with Gasteiger partial charge in [-0.05, 0) is 31.7 Å². The minimum absolute atomic E-state index is 0.209. The van der Waals surface area contributed by atoms with Crippen molar-refractivity contribution in [1.29, 1.82) is 0 Å². The molecule has 0 fully saturated rings. The van der Waals surface area contributed by atoms with Gasteiger partial charge >= 0.3 is 11.9 Å². The number of unbranched alkanes of at least 4 members (excludes halogenated alkanes) is 1. The van der Waals surface area contributed by atoms with Crippen molar-refractivity contribution in [1.82, 2.24) is 16.0 Å². The molecule has 30 heavy (non-hydrogen) atoms. The van der Waals surface area contributed by atoms with E-state index in [4.69, 9.17) is 16.6 Å². The fourth-order valence-corrected chi connectivity index (χ4v) is 2.52. The molecule has 0 aromatic carbocycles. The Morgan fingerprint density at radius 1 is 1.00 bits per heavy atom. The van der Waals surface area contributed by atoms with E-state index in [9.17, 15) is 29.1 Å². The molecule has 0 bridgehead atoms. The lowest BCUT2D eigenvalue weighted by Crippen LogP contribution is -2.54. The fraction of sp³-hybridized carbons (Fsp3) is 0.722. The molecule has 0 saturated heterocycles. The second kappa shape index (κ2) is 14.3. The van der Waals surface area contributed by atoms with E-state index in [2.05, 4.69) is 16.0 Å². The minimum Gasteiger partial charge on any atom is -0.481 e. The van der Waals surface area contributed by atoms with Crippen molar-refractivity contribution < 1.29 is 34.2 Å². The Labute approximate surface area is 175 Å². The van der Waals surface area contributed by atoms with Crippen LogP contribution in [0.1, 0.15) is 46.0 Å². The highest BCUT2D eigenvalue weighted by atomic mass is 16.4. The molecule has 0 heterocycles. The van der Waals surface area contributed by atoms with E-state index < -0.39 is 60.8 Å². The zero-order chi connectivity index (χ0) is 23.3. The highest BCUT2D eigenvalue weighted by Crippen LogP contribution is 2.07. The van der Waals surface area contributed by atoms with Gasteiger partial charge in [-0.2, -0.15) is 0 Å². The van der Waals surface area contributed by atoms with Crippen molar-refractivity contribution in [3.8, 4) is 0 Å². The molecule has 0 saturated carbocycles. The van der Waals surface area contributed by atoms with Crippen LogP contribution in [0.5, 0.6) is 0 Å². The Balaban J connectivity index is 4.90. The number of rotatable bonds is 15. The molecule has 12 heteroatoms. The highest BCUT2D eigenvalue weighted by Gasteiger charge is 2.27. The summed E-state index contributed by atoms with van der Waals surface area (Å²) < 4.78 is 0. The third kappa shape index (κ3) is 10.7. The summed E-state index contributed by atoms with van der Waals surface area (Å²) in [6.45, 7) is 3.37. The Bertz CT molecular complexity index is 614. The third-order valence-corrected chi connectivity index (χ3v) is 4.53. The van der Waals surface area contributed by atoms with Gasteiger partial charge in [-0.15, -0.1) is 0 Å². The molecule has 0 radical (unpaired) electrons. The maximum Gasteiger partial charge on any atom is 0.326 e. The predicted molar refractivity (Wildman–Crippen MR) is 107 cm³/mol. The van der Waals surface area contributed by atoms with E-state index in [1.54, 1.807) is 13.8 Å². The molecular formula is C18H33N5O7. The fourth-order valence-electron chi connectivity index (χ4n) is 2.52. The number of carbonyl (C=O) groups excluding carboxylic acids is 3. The van der Waals surface area contributed by atoms with Crippen molar-refractivity contribution in [2.75, 3.05) is 13.1 Å². The van der Waals surface area contributed by atoms with Gasteiger partial charge in [0.1, 0.15) is 12.1 Å². The molecule has 4 atom stereocenters. The quantitative estimate of drug-likeness (QED) is 0.144. The van der Waals surface area contributed by atoms with Crippen LogP contribution in [-0.4, -0.2) is 71.1 Å². The average Bonchev–Trinajstić information content (AvgIpc) is 2.67. The molecule has 0 aromatic rings. The van der Waals surface area contributed by atoms with Crippen LogP contribution in [0.4, 0.5) is 0 Å². The van der Waals surface area contributed by atoms with Crippen LogP contribution in [0.15, 0.2) is 0 Å². The lowest BCUT2D eigenvalue weighted by atomic mass is 9.99. The smallest absolute Gasteiger partial charge is 0.326 e.